The Morgan fingerprint density at radius 2 is 1.45 bits per heavy atom. The van der Waals surface area contributed by atoms with Crippen LogP contribution in [0.4, 0.5) is 0 Å². The first-order valence-electron chi connectivity index (χ1n) is 14.2. The van der Waals surface area contributed by atoms with Crippen molar-refractivity contribution in [1.82, 2.24) is 4.90 Å². The maximum absolute atomic E-state index is 14.5. The number of nitrogens with two attached hydrogens (primary N) is 1. The molecule has 7 N–H and O–H groups in total. The molecule has 0 radical (unpaired) electrons. The van der Waals surface area contributed by atoms with E-state index in [1.165, 1.54) is 19.0 Å². The lowest BCUT2D eigenvalue weighted by Crippen LogP contribution is -2.68. The van der Waals surface area contributed by atoms with Gasteiger partial charge >= 0.3 is 0 Å². The van der Waals surface area contributed by atoms with Crippen LogP contribution in [0.5, 0.6) is 5.75 Å². The summed E-state index contributed by atoms with van der Waals surface area (Å²) in [5, 5.41) is 58.4. The fraction of sp³-hybridized carbons (Fsp3) is 0.265. The first-order valence-corrected chi connectivity index (χ1v) is 14.2. The van der Waals surface area contributed by atoms with Crippen molar-refractivity contribution in [1.29, 1.82) is 0 Å². The van der Waals surface area contributed by atoms with Crippen LogP contribution in [0.15, 0.2) is 89.4 Å². The molecule has 0 fully saturated rings. The predicted octanol–water partition coefficient (Wildman–Crippen LogP) is 2.99. The first kappa shape index (κ1) is 29.3. The lowest BCUT2D eigenvalue weighted by molar-refractivity contribution is -0.162. The van der Waals surface area contributed by atoms with E-state index in [4.69, 9.17) is 5.73 Å². The summed E-state index contributed by atoms with van der Waals surface area (Å²) in [7, 11) is 3.00. The smallest absolute Gasteiger partial charge is 0.255 e. The van der Waals surface area contributed by atoms with E-state index in [0.29, 0.717) is 22.3 Å². The number of phenolic OH excluding ortho intramolecular Hbond substituents is 1. The van der Waals surface area contributed by atoms with Gasteiger partial charge in [0.15, 0.2) is 11.4 Å². The number of rotatable bonds is 4. The highest BCUT2D eigenvalue weighted by Gasteiger charge is 2.67. The van der Waals surface area contributed by atoms with E-state index in [9.17, 15) is 39.9 Å². The molecule has 0 saturated carbocycles. The van der Waals surface area contributed by atoms with Gasteiger partial charge in [0, 0.05) is 17.1 Å². The van der Waals surface area contributed by atoms with Gasteiger partial charge in [-0.2, -0.15) is 0 Å². The monoisotopic (exact) mass is 596 g/mol. The normalized spacial score (nSPS) is 28.1. The number of fused-ring (bicyclic) bond motifs is 3. The van der Waals surface area contributed by atoms with Crippen molar-refractivity contribution in [2.45, 2.75) is 30.6 Å². The number of phenols is 1. The van der Waals surface area contributed by atoms with Crippen molar-refractivity contribution in [3.05, 3.63) is 101 Å². The Labute approximate surface area is 253 Å². The van der Waals surface area contributed by atoms with Gasteiger partial charge in [-0.05, 0) is 48.3 Å². The molecule has 3 aromatic carbocycles. The number of Topliss-reactive ketones (excluding diaryl/α,β-unsaturated/α-hetero) is 2. The maximum Gasteiger partial charge on any atom is 0.255 e. The summed E-state index contributed by atoms with van der Waals surface area (Å²) in [4.78, 5) is 41.8. The first-order chi connectivity index (χ1) is 20.8. The van der Waals surface area contributed by atoms with Gasteiger partial charge < -0.3 is 31.3 Å². The number of benzene rings is 3. The van der Waals surface area contributed by atoms with E-state index < -0.39 is 75.6 Å². The zero-order chi connectivity index (χ0) is 31.8. The summed E-state index contributed by atoms with van der Waals surface area (Å²) in [5.74, 6) is -9.30. The van der Waals surface area contributed by atoms with Crippen LogP contribution in [-0.4, -0.2) is 79.7 Å². The second-order valence-corrected chi connectivity index (χ2v) is 11.9. The van der Waals surface area contributed by atoms with Gasteiger partial charge in [0.2, 0.25) is 5.78 Å². The summed E-state index contributed by atoms with van der Waals surface area (Å²) in [6, 6.07) is 18.6. The minimum absolute atomic E-state index is 0.134. The van der Waals surface area contributed by atoms with Crippen LogP contribution < -0.4 is 5.73 Å². The van der Waals surface area contributed by atoms with Crippen LogP contribution in [0.3, 0.4) is 0 Å². The fourth-order valence-corrected chi connectivity index (χ4v) is 7.47. The lowest BCUT2D eigenvalue weighted by Gasteiger charge is -2.53. The molecule has 44 heavy (non-hydrogen) atoms. The summed E-state index contributed by atoms with van der Waals surface area (Å²) < 4.78 is 0. The van der Waals surface area contributed by atoms with Crippen LogP contribution in [0.1, 0.15) is 28.8 Å². The third-order valence-electron chi connectivity index (χ3n) is 9.40. The molecule has 6 rings (SSSR count). The van der Waals surface area contributed by atoms with Gasteiger partial charge in [0.05, 0.1) is 23.6 Å². The quantitative estimate of drug-likeness (QED) is 0.247. The van der Waals surface area contributed by atoms with E-state index in [1.54, 1.807) is 37.3 Å². The molecule has 10 heteroatoms. The van der Waals surface area contributed by atoms with Crippen LogP contribution in [-0.2, 0) is 9.59 Å². The zero-order valence-electron chi connectivity index (χ0n) is 24.2. The molecular formula is C34H32N2O8. The number of carbonyl (C=O) groups is 3. The molecule has 3 aliphatic carbocycles. The minimum Gasteiger partial charge on any atom is -0.510 e. The van der Waals surface area contributed by atoms with Gasteiger partial charge in [-0.25, -0.2) is 0 Å². The number of aromatic hydroxyl groups is 1. The second-order valence-electron chi connectivity index (χ2n) is 11.9. The Balaban J connectivity index is 1.68. The van der Waals surface area contributed by atoms with Crippen LogP contribution in [0, 0.1) is 11.8 Å². The van der Waals surface area contributed by atoms with Crippen molar-refractivity contribution in [2.24, 2.45) is 17.6 Å². The molecule has 226 valence electrons. The van der Waals surface area contributed by atoms with E-state index in [-0.39, 0.29) is 11.3 Å². The maximum atomic E-state index is 14.5. The van der Waals surface area contributed by atoms with Crippen molar-refractivity contribution >= 4 is 17.5 Å². The molecule has 3 aromatic rings. The van der Waals surface area contributed by atoms with Gasteiger partial charge in [-0.1, -0.05) is 67.6 Å². The number of hydrogen-bond donors (Lipinski definition) is 6. The fourth-order valence-electron chi connectivity index (χ4n) is 7.47. The molecule has 0 heterocycles. The number of aliphatic hydroxyl groups excluding tert-OH is 3. The number of hydrogen-bond acceptors (Lipinski definition) is 9. The highest BCUT2D eigenvalue weighted by atomic mass is 16.4. The highest BCUT2D eigenvalue weighted by Crippen LogP contribution is 2.57. The summed E-state index contributed by atoms with van der Waals surface area (Å²) in [6.07, 6.45) is -1.68. The standard InChI is InChI=1S/C34H32N2O8/c1-15-20-18(16-10-6-4-7-11-16)14-19(17-12-8-5-9-13-17)27(37)22(20)28(38)23-21(15)29(39)25-26(36(2)3)30(40)24(33(35)43)32(42)34(25,44)31(23)41/h4-15,21,25-26,29,37,39-41,44H,1-3H3,(H2,35,43). The predicted molar refractivity (Wildman–Crippen MR) is 161 cm³/mol. The number of ketones is 2. The highest BCUT2D eigenvalue weighted by molar-refractivity contribution is 6.25. The zero-order valence-corrected chi connectivity index (χ0v) is 24.2. The molecule has 0 spiro atoms. The van der Waals surface area contributed by atoms with Crippen molar-refractivity contribution < 1.29 is 39.9 Å². The largest absolute Gasteiger partial charge is 0.510 e. The van der Waals surface area contributed by atoms with Crippen molar-refractivity contribution in [3.8, 4) is 28.0 Å². The molecule has 0 aliphatic heterocycles. The van der Waals surface area contributed by atoms with E-state index in [2.05, 4.69) is 0 Å². The Morgan fingerprint density at radius 1 is 0.909 bits per heavy atom. The third kappa shape index (κ3) is 3.81. The van der Waals surface area contributed by atoms with Gasteiger partial charge in [-0.3, -0.25) is 19.3 Å². The number of primary amides is 1. The van der Waals surface area contributed by atoms with Crippen molar-refractivity contribution in [3.63, 3.8) is 0 Å². The van der Waals surface area contributed by atoms with Gasteiger partial charge in [0.1, 0.15) is 22.8 Å². The summed E-state index contributed by atoms with van der Waals surface area (Å²) in [5.41, 5.74) is 3.67. The molecular weight excluding hydrogens is 564 g/mol. The molecule has 10 nitrogen and oxygen atoms in total. The molecule has 3 aliphatic rings. The number of carbonyl (C=O) groups excluding carboxylic acids is 3. The van der Waals surface area contributed by atoms with Gasteiger partial charge in [-0.15, -0.1) is 0 Å². The van der Waals surface area contributed by atoms with E-state index >= 15 is 0 Å². The Kier molecular flexibility index (Phi) is 6.77. The topological polar surface area (TPSA) is 182 Å². The Bertz CT molecular complexity index is 1800. The van der Waals surface area contributed by atoms with E-state index in [0.717, 1.165) is 5.56 Å². The number of amides is 1. The van der Waals surface area contributed by atoms with Crippen LogP contribution >= 0.6 is 0 Å². The Hall–Kier alpha value is -4.77. The summed E-state index contributed by atoms with van der Waals surface area (Å²) in [6.45, 7) is 1.73. The number of likely N-dealkylation sites (N-methyl/N-ethyl adjacent to an activating group) is 1. The Morgan fingerprint density at radius 3 is 1.98 bits per heavy atom. The van der Waals surface area contributed by atoms with Crippen LogP contribution in [0.2, 0.25) is 0 Å². The van der Waals surface area contributed by atoms with Gasteiger partial charge in [0.25, 0.3) is 5.91 Å². The molecule has 6 atom stereocenters. The molecule has 1 amide bonds. The second kappa shape index (κ2) is 10.2. The lowest BCUT2D eigenvalue weighted by atomic mass is 9.54. The average molecular weight is 597 g/mol. The number of aliphatic hydroxyl groups is 4. The summed E-state index contributed by atoms with van der Waals surface area (Å²) >= 11 is 0. The average Bonchev–Trinajstić information content (AvgIpc) is 2.99. The van der Waals surface area contributed by atoms with E-state index in [1.807, 2.05) is 36.4 Å². The number of nitrogens with zero attached hydrogens (tertiary/aromatic N) is 1. The third-order valence-corrected chi connectivity index (χ3v) is 9.40. The molecule has 6 unspecified atom stereocenters. The molecule has 0 bridgehead atoms. The minimum atomic E-state index is -2.97. The molecule has 0 saturated heterocycles. The SMILES string of the molecule is CC1c2c(-c3ccccc3)cc(-c3ccccc3)c(O)c2C(=O)C2=C(O)C3(O)C(=O)C(C(N)=O)=C(O)C(N(C)C)C3C(O)C21. The van der Waals surface area contributed by atoms with Crippen LogP contribution in [0.25, 0.3) is 22.3 Å². The van der Waals surface area contributed by atoms with Crippen molar-refractivity contribution in [2.75, 3.05) is 14.1 Å². The molecule has 0 aromatic heterocycles.